The molecule has 138 valence electrons. The highest BCUT2D eigenvalue weighted by atomic mass is 16.1. The number of aryl methyl sites for hydroxylation is 3. The van der Waals surface area contributed by atoms with Crippen LogP contribution in [0.2, 0.25) is 0 Å². The third kappa shape index (κ3) is 4.44. The number of carbonyl (C=O) groups is 1. The van der Waals surface area contributed by atoms with Crippen LogP contribution in [0.25, 0.3) is 0 Å². The van der Waals surface area contributed by atoms with Crippen molar-refractivity contribution in [2.45, 2.75) is 27.2 Å². The zero-order valence-corrected chi connectivity index (χ0v) is 16.3. The molecule has 1 fully saturated rings. The summed E-state index contributed by atoms with van der Waals surface area (Å²) in [7, 11) is 2.16. The maximum atomic E-state index is 12.4. The number of hydrogen-bond donors (Lipinski definition) is 1. The summed E-state index contributed by atoms with van der Waals surface area (Å²) in [6, 6.07) is 12.5. The molecule has 0 unspecified atom stereocenters. The first-order valence-corrected chi connectivity index (χ1v) is 9.32. The van der Waals surface area contributed by atoms with Gasteiger partial charge in [0.05, 0.1) is 6.42 Å². The fourth-order valence-electron chi connectivity index (χ4n) is 3.34. The van der Waals surface area contributed by atoms with E-state index in [-0.39, 0.29) is 5.91 Å². The highest BCUT2D eigenvalue weighted by molar-refractivity contribution is 5.93. The van der Waals surface area contributed by atoms with E-state index in [2.05, 4.69) is 67.2 Å². The second-order valence-corrected chi connectivity index (χ2v) is 7.43. The molecule has 1 heterocycles. The lowest BCUT2D eigenvalue weighted by Crippen LogP contribution is -2.44. The second kappa shape index (κ2) is 7.92. The molecular formula is C22H29N3O. The summed E-state index contributed by atoms with van der Waals surface area (Å²) < 4.78 is 0. The Hall–Kier alpha value is -2.33. The minimum Gasteiger partial charge on any atom is -0.369 e. The van der Waals surface area contributed by atoms with Gasteiger partial charge >= 0.3 is 0 Å². The molecule has 1 aliphatic rings. The number of nitrogens with zero attached hydrogens (tertiary/aromatic N) is 2. The van der Waals surface area contributed by atoms with Crippen LogP contribution >= 0.6 is 0 Å². The van der Waals surface area contributed by atoms with Gasteiger partial charge in [0.2, 0.25) is 5.91 Å². The molecule has 1 amide bonds. The Morgan fingerprint density at radius 2 is 1.65 bits per heavy atom. The Morgan fingerprint density at radius 3 is 2.31 bits per heavy atom. The van der Waals surface area contributed by atoms with E-state index in [1.165, 1.54) is 16.8 Å². The van der Waals surface area contributed by atoms with E-state index in [9.17, 15) is 4.79 Å². The van der Waals surface area contributed by atoms with E-state index in [4.69, 9.17) is 0 Å². The Balaban J connectivity index is 1.64. The fraction of sp³-hybridized carbons (Fsp3) is 0.409. The number of nitrogens with one attached hydrogen (secondary N) is 1. The van der Waals surface area contributed by atoms with Crippen molar-refractivity contribution in [2.75, 3.05) is 43.4 Å². The summed E-state index contributed by atoms with van der Waals surface area (Å²) in [6.07, 6.45) is 0.404. The summed E-state index contributed by atoms with van der Waals surface area (Å²) in [5.41, 5.74) is 6.78. The molecule has 2 aromatic carbocycles. The van der Waals surface area contributed by atoms with Gasteiger partial charge in [-0.3, -0.25) is 4.79 Å². The predicted octanol–water partition coefficient (Wildman–Crippen LogP) is 3.54. The lowest BCUT2D eigenvalue weighted by Gasteiger charge is -2.34. The zero-order chi connectivity index (χ0) is 18.7. The van der Waals surface area contributed by atoms with Gasteiger partial charge in [0, 0.05) is 37.6 Å². The molecule has 0 bridgehead atoms. The van der Waals surface area contributed by atoms with Gasteiger partial charge in [-0.2, -0.15) is 0 Å². The van der Waals surface area contributed by atoms with Crippen LogP contribution < -0.4 is 10.2 Å². The molecule has 3 rings (SSSR count). The number of carbonyl (C=O) groups excluding carboxylic acids is 1. The second-order valence-electron chi connectivity index (χ2n) is 7.43. The summed E-state index contributed by atoms with van der Waals surface area (Å²) in [6.45, 7) is 10.5. The van der Waals surface area contributed by atoms with Gasteiger partial charge in [-0.25, -0.2) is 0 Å². The van der Waals surface area contributed by atoms with Crippen molar-refractivity contribution in [3.05, 3.63) is 58.7 Å². The minimum atomic E-state index is 0.0312. The molecule has 0 atom stereocenters. The van der Waals surface area contributed by atoms with Gasteiger partial charge in [-0.15, -0.1) is 0 Å². The lowest BCUT2D eigenvalue weighted by atomic mass is 10.0. The molecule has 0 saturated carbocycles. The van der Waals surface area contributed by atoms with Gasteiger partial charge < -0.3 is 15.1 Å². The Morgan fingerprint density at radius 1 is 0.923 bits per heavy atom. The molecule has 0 radical (unpaired) electrons. The minimum absolute atomic E-state index is 0.0312. The molecule has 2 aromatic rings. The molecule has 26 heavy (non-hydrogen) atoms. The summed E-state index contributed by atoms with van der Waals surface area (Å²) in [4.78, 5) is 17.2. The van der Waals surface area contributed by atoms with Gasteiger partial charge in [0.1, 0.15) is 0 Å². The van der Waals surface area contributed by atoms with Crippen LogP contribution in [0.1, 0.15) is 22.3 Å². The predicted molar refractivity (Wildman–Crippen MR) is 109 cm³/mol. The van der Waals surface area contributed by atoms with Gasteiger partial charge in [0.15, 0.2) is 0 Å². The Kier molecular flexibility index (Phi) is 5.62. The summed E-state index contributed by atoms with van der Waals surface area (Å²) >= 11 is 0. The van der Waals surface area contributed by atoms with Crippen LogP contribution in [-0.2, 0) is 11.2 Å². The monoisotopic (exact) mass is 351 g/mol. The van der Waals surface area contributed by atoms with E-state index in [1.807, 2.05) is 12.1 Å². The van der Waals surface area contributed by atoms with Crippen LogP contribution in [0.4, 0.5) is 11.4 Å². The summed E-state index contributed by atoms with van der Waals surface area (Å²) in [5.74, 6) is 0.0312. The highest BCUT2D eigenvalue weighted by Crippen LogP contribution is 2.24. The quantitative estimate of drug-likeness (QED) is 0.915. The maximum absolute atomic E-state index is 12.4. The highest BCUT2D eigenvalue weighted by Gasteiger charge is 2.15. The Bertz CT molecular complexity index is 792. The van der Waals surface area contributed by atoms with Crippen molar-refractivity contribution >= 4 is 17.3 Å². The van der Waals surface area contributed by atoms with Crippen LogP contribution in [-0.4, -0.2) is 44.0 Å². The normalized spacial score (nSPS) is 15.2. The first-order valence-electron chi connectivity index (χ1n) is 9.32. The molecule has 0 spiro atoms. The Labute approximate surface area is 156 Å². The number of amides is 1. The van der Waals surface area contributed by atoms with Crippen molar-refractivity contribution < 1.29 is 4.79 Å². The number of hydrogen-bond acceptors (Lipinski definition) is 3. The van der Waals surface area contributed by atoms with E-state index >= 15 is 0 Å². The average molecular weight is 351 g/mol. The van der Waals surface area contributed by atoms with Gasteiger partial charge in [0.25, 0.3) is 0 Å². The summed E-state index contributed by atoms with van der Waals surface area (Å²) in [5, 5.41) is 3.06. The fourth-order valence-corrected chi connectivity index (χ4v) is 3.34. The molecule has 1 aliphatic heterocycles. The molecule has 0 aliphatic carbocycles. The average Bonchev–Trinajstić information content (AvgIpc) is 2.60. The molecule has 1 N–H and O–H groups in total. The van der Waals surface area contributed by atoms with E-state index in [1.54, 1.807) is 0 Å². The van der Waals surface area contributed by atoms with E-state index < -0.39 is 0 Å². The number of likely N-dealkylation sites (N-methyl/N-ethyl adjacent to an activating group) is 1. The van der Waals surface area contributed by atoms with Crippen LogP contribution in [0.5, 0.6) is 0 Å². The smallest absolute Gasteiger partial charge is 0.228 e. The van der Waals surface area contributed by atoms with Crippen LogP contribution in [0, 0.1) is 20.8 Å². The molecule has 1 saturated heterocycles. The number of rotatable bonds is 4. The first kappa shape index (κ1) is 18.5. The lowest BCUT2D eigenvalue weighted by molar-refractivity contribution is -0.115. The van der Waals surface area contributed by atoms with Crippen molar-refractivity contribution in [3.63, 3.8) is 0 Å². The van der Waals surface area contributed by atoms with Crippen molar-refractivity contribution in [1.29, 1.82) is 0 Å². The van der Waals surface area contributed by atoms with Crippen molar-refractivity contribution in [1.82, 2.24) is 4.90 Å². The van der Waals surface area contributed by atoms with Crippen molar-refractivity contribution in [2.24, 2.45) is 0 Å². The van der Waals surface area contributed by atoms with Gasteiger partial charge in [-0.1, -0.05) is 18.2 Å². The maximum Gasteiger partial charge on any atom is 0.228 e. The topological polar surface area (TPSA) is 35.6 Å². The molecule has 0 aromatic heterocycles. The standard InChI is InChI=1S/C22H29N3O/c1-16-5-6-19(13-17(16)2)15-22(26)23-21-8-7-20(14-18(21)3)25-11-9-24(4)10-12-25/h5-8,13-14H,9-12,15H2,1-4H3,(H,23,26). The first-order chi connectivity index (χ1) is 12.4. The van der Waals surface area contributed by atoms with Gasteiger partial charge in [-0.05, 0) is 68.3 Å². The SMILES string of the molecule is Cc1ccc(CC(=O)Nc2ccc(N3CCN(C)CC3)cc2C)cc1C. The number of anilines is 2. The van der Waals surface area contributed by atoms with Crippen molar-refractivity contribution in [3.8, 4) is 0 Å². The number of benzene rings is 2. The van der Waals surface area contributed by atoms with E-state index in [0.29, 0.717) is 6.42 Å². The third-order valence-corrected chi connectivity index (χ3v) is 5.29. The molecule has 4 heteroatoms. The zero-order valence-electron chi connectivity index (χ0n) is 16.3. The van der Waals surface area contributed by atoms with Crippen LogP contribution in [0.3, 0.4) is 0 Å². The van der Waals surface area contributed by atoms with Crippen LogP contribution in [0.15, 0.2) is 36.4 Å². The van der Waals surface area contributed by atoms with E-state index in [0.717, 1.165) is 43.0 Å². The number of piperazine rings is 1. The molecular weight excluding hydrogens is 322 g/mol. The third-order valence-electron chi connectivity index (χ3n) is 5.29. The largest absolute Gasteiger partial charge is 0.369 e. The molecule has 4 nitrogen and oxygen atoms in total.